The smallest absolute Gasteiger partial charge is 0.107 e. The van der Waals surface area contributed by atoms with Gasteiger partial charge in [0, 0.05) is 0 Å². The van der Waals surface area contributed by atoms with Gasteiger partial charge in [-0.1, -0.05) is 96.1 Å². The molecule has 0 fully saturated rings. The van der Waals surface area contributed by atoms with Crippen molar-refractivity contribution in [1.82, 2.24) is 0 Å². The Bertz CT molecular complexity index is 1090. The van der Waals surface area contributed by atoms with Crippen molar-refractivity contribution in [2.24, 2.45) is 0 Å². The van der Waals surface area contributed by atoms with E-state index in [-0.39, 0.29) is 25.4 Å². The fourth-order valence-corrected chi connectivity index (χ4v) is 5.10. The van der Waals surface area contributed by atoms with Gasteiger partial charge in [-0.25, -0.2) is 0 Å². The van der Waals surface area contributed by atoms with Crippen LogP contribution in [0.25, 0.3) is 0 Å². The third-order valence-electron chi connectivity index (χ3n) is 7.58. The summed E-state index contributed by atoms with van der Waals surface area (Å²) in [7, 11) is 0. The average molecular weight is 667 g/mol. The van der Waals surface area contributed by atoms with Crippen LogP contribution in [0.1, 0.15) is 63.5 Å². The Kier molecular flexibility index (Phi) is 21.6. The normalized spacial score (nSPS) is 15.7. The van der Waals surface area contributed by atoms with E-state index in [0.29, 0.717) is 65.0 Å². The summed E-state index contributed by atoms with van der Waals surface area (Å²) in [5.41, 5.74) is 4.00. The van der Waals surface area contributed by atoms with Crippen molar-refractivity contribution in [3.05, 3.63) is 120 Å². The molecule has 2 aromatic rings. The van der Waals surface area contributed by atoms with Gasteiger partial charge >= 0.3 is 0 Å². The number of rotatable bonds is 27. The van der Waals surface area contributed by atoms with Crippen LogP contribution in [0.15, 0.2) is 109 Å². The maximum atomic E-state index is 10.7. The van der Waals surface area contributed by atoms with Gasteiger partial charge in [-0.05, 0) is 63.5 Å². The van der Waals surface area contributed by atoms with Crippen LogP contribution in [0.4, 0.5) is 0 Å². The highest BCUT2D eigenvalue weighted by atomic mass is 16.6. The third-order valence-corrected chi connectivity index (χ3v) is 7.58. The quantitative estimate of drug-likeness (QED) is 0.0654. The highest BCUT2D eigenvalue weighted by molar-refractivity contribution is 5.14. The molecule has 2 aromatic carbocycles. The lowest BCUT2D eigenvalue weighted by atomic mass is 10.1. The fraction of sp³-hybridized carbons (Fsp3) is 0.500. The SMILES string of the molecule is C=C(C)C[C@H](COCc1ccccc1)O[C@H](CO)[C@H](O)CC/C=C/C=C/CC[C@@H](O)[C@@H](CO)O[C@@H](COCc1ccccc1)CC(=C)C. The van der Waals surface area contributed by atoms with Gasteiger partial charge in [-0.15, -0.1) is 13.2 Å². The van der Waals surface area contributed by atoms with Crippen molar-refractivity contribution < 1.29 is 39.4 Å². The summed E-state index contributed by atoms with van der Waals surface area (Å²) in [6.45, 7) is 12.8. The number of aliphatic hydroxyl groups excluding tert-OH is 4. The molecule has 0 amide bonds. The Morgan fingerprint density at radius 2 is 1.02 bits per heavy atom. The molecule has 6 atom stereocenters. The Balaban J connectivity index is 1.72. The number of aliphatic hydroxyl groups is 4. The lowest BCUT2D eigenvalue weighted by Crippen LogP contribution is -2.37. The zero-order valence-corrected chi connectivity index (χ0v) is 28.9. The molecule has 48 heavy (non-hydrogen) atoms. The summed E-state index contributed by atoms with van der Waals surface area (Å²) < 4.78 is 23.8. The van der Waals surface area contributed by atoms with Gasteiger partial charge < -0.3 is 39.4 Å². The lowest BCUT2D eigenvalue weighted by molar-refractivity contribution is -0.119. The van der Waals surface area contributed by atoms with E-state index in [9.17, 15) is 20.4 Å². The summed E-state index contributed by atoms with van der Waals surface area (Å²) in [6, 6.07) is 19.8. The van der Waals surface area contributed by atoms with Crippen molar-refractivity contribution >= 4 is 0 Å². The zero-order chi connectivity index (χ0) is 35.0. The topological polar surface area (TPSA) is 118 Å². The second kappa shape index (κ2) is 25.1. The number of hydrogen-bond donors (Lipinski definition) is 4. The Morgan fingerprint density at radius 3 is 1.35 bits per heavy atom. The molecule has 0 heterocycles. The summed E-state index contributed by atoms with van der Waals surface area (Å²) in [6.07, 6.45) is 7.06. The first-order valence-corrected chi connectivity index (χ1v) is 16.9. The molecule has 0 spiro atoms. The molecule has 0 bridgehead atoms. The van der Waals surface area contributed by atoms with E-state index in [2.05, 4.69) is 13.2 Å². The van der Waals surface area contributed by atoms with E-state index in [1.807, 2.05) is 98.8 Å². The summed E-state index contributed by atoms with van der Waals surface area (Å²) >= 11 is 0. The van der Waals surface area contributed by atoms with E-state index < -0.39 is 24.4 Å². The van der Waals surface area contributed by atoms with Gasteiger partial charge in [0.25, 0.3) is 0 Å². The van der Waals surface area contributed by atoms with E-state index >= 15 is 0 Å². The molecular formula is C40H58O8. The van der Waals surface area contributed by atoms with E-state index in [1.165, 1.54) is 0 Å². The fourth-order valence-electron chi connectivity index (χ4n) is 5.10. The van der Waals surface area contributed by atoms with Gasteiger partial charge in [-0.3, -0.25) is 0 Å². The predicted octanol–water partition coefficient (Wildman–Crippen LogP) is 6.24. The zero-order valence-electron chi connectivity index (χ0n) is 28.9. The van der Waals surface area contributed by atoms with Gasteiger partial charge in [0.15, 0.2) is 0 Å². The van der Waals surface area contributed by atoms with Crippen molar-refractivity contribution in [1.29, 1.82) is 0 Å². The first-order valence-electron chi connectivity index (χ1n) is 16.9. The van der Waals surface area contributed by atoms with Crippen molar-refractivity contribution in [3.63, 3.8) is 0 Å². The van der Waals surface area contributed by atoms with Crippen LogP contribution in [0.2, 0.25) is 0 Å². The molecule has 0 aromatic heterocycles. The minimum absolute atomic E-state index is 0.300. The highest BCUT2D eigenvalue weighted by Gasteiger charge is 2.24. The molecule has 0 unspecified atom stereocenters. The van der Waals surface area contributed by atoms with Gasteiger partial charge in [0.2, 0.25) is 0 Å². The van der Waals surface area contributed by atoms with Crippen LogP contribution in [0.5, 0.6) is 0 Å². The molecule has 266 valence electrons. The highest BCUT2D eigenvalue weighted by Crippen LogP contribution is 2.17. The van der Waals surface area contributed by atoms with Crippen molar-refractivity contribution in [2.45, 2.75) is 102 Å². The Morgan fingerprint density at radius 1 is 0.646 bits per heavy atom. The maximum Gasteiger partial charge on any atom is 0.107 e. The van der Waals surface area contributed by atoms with Crippen LogP contribution in [-0.4, -0.2) is 83.5 Å². The molecule has 8 heteroatoms. The summed E-state index contributed by atoms with van der Waals surface area (Å²) in [5.74, 6) is 0. The van der Waals surface area contributed by atoms with Crippen LogP contribution in [0, 0.1) is 0 Å². The Labute approximate surface area is 288 Å². The number of allylic oxidation sites excluding steroid dienone is 4. The maximum absolute atomic E-state index is 10.7. The lowest BCUT2D eigenvalue weighted by Gasteiger charge is -2.27. The minimum atomic E-state index is -0.839. The van der Waals surface area contributed by atoms with Gasteiger partial charge in [0.1, 0.15) is 12.2 Å². The van der Waals surface area contributed by atoms with E-state index in [0.717, 1.165) is 22.3 Å². The molecule has 2 rings (SSSR count). The molecule has 0 radical (unpaired) electrons. The number of benzene rings is 2. The molecule has 0 saturated heterocycles. The average Bonchev–Trinajstić information content (AvgIpc) is 3.07. The van der Waals surface area contributed by atoms with Crippen molar-refractivity contribution in [2.75, 3.05) is 26.4 Å². The molecule has 0 aliphatic heterocycles. The standard InChI is InChI=1S/C40H58O8/c1-31(2)23-35(29-45-27-33-17-11-9-12-18-33)47-39(25-41)37(43)21-15-7-5-6-8-16-22-38(44)40(26-42)48-36(24-32(3)4)30-46-28-34-19-13-10-14-20-34/h5-14,17-20,35-44H,1,3,15-16,21-30H2,2,4H3/b7-5+,8-6+/t35-,36-,37-,38-,39-,40-/m1/s1. The molecule has 8 nitrogen and oxygen atoms in total. The summed E-state index contributed by atoms with van der Waals surface area (Å²) in [4.78, 5) is 0. The van der Waals surface area contributed by atoms with Crippen LogP contribution in [-0.2, 0) is 32.2 Å². The van der Waals surface area contributed by atoms with E-state index in [1.54, 1.807) is 0 Å². The Hall–Kier alpha value is -2.92. The number of ether oxygens (including phenoxy) is 4. The molecule has 4 N–H and O–H groups in total. The first-order chi connectivity index (χ1) is 23.2. The summed E-state index contributed by atoms with van der Waals surface area (Å²) in [5, 5.41) is 41.3. The first kappa shape index (κ1) is 41.3. The largest absolute Gasteiger partial charge is 0.394 e. The molecule has 0 aliphatic rings. The third kappa shape index (κ3) is 18.6. The molecule has 0 aliphatic carbocycles. The van der Waals surface area contributed by atoms with Gasteiger partial charge in [-0.2, -0.15) is 0 Å². The molecular weight excluding hydrogens is 608 g/mol. The van der Waals surface area contributed by atoms with Gasteiger partial charge in [0.05, 0.1) is 64.1 Å². The monoisotopic (exact) mass is 666 g/mol. The van der Waals surface area contributed by atoms with Crippen LogP contribution >= 0.6 is 0 Å². The second-order valence-corrected chi connectivity index (χ2v) is 12.4. The number of hydrogen-bond acceptors (Lipinski definition) is 8. The molecule has 0 saturated carbocycles. The predicted molar refractivity (Wildman–Crippen MR) is 191 cm³/mol. The second-order valence-electron chi connectivity index (χ2n) is 12.4. The van der Waals surface area contributed by atoms with Crippen LogP contribution in [0.3, 0.4) is 0 Å². The van der Waals surface area contributed by atoms with E-state index in [4.69, 9.17) is 18.9 Å². The minimum Gasteiger partial charge on any atom is -0.394 e. The van der Waals surface area contributed by atoms with Crippen molar-refractivity contribution in [3.8, 4) is 0 Å². The van der Waals surface area contributed by atoms with Crippen LogP contribution < -0.4 is 0 Å².